The molecule has 0 bridgehead atoms. The van der Waals surface area contributed by atoms with Crippen molar-refractivity contribution < 1.29 is 9.53 Å². The normalized spacial score (nSPS) is 10.8. The van der Waals surface area contributed by atoms with Crippen molar-refractivity contribution in [1.82, 2.24) is 4.98 Å². The highest BCUT2D eigenvalue weighted by molar-refractivity contribution is 6.13. The van der Waals surface area contributed by atoms with Crippen LogP contribution in [-0.4, -0.2) is 16.9 Å². The second-order valence-corrected chi connectivity index (χ2v) is 4.14. The molecule has 3 heteroatoms. The van der Waals surface area contributed by atoms with Crippen LogP contribution in [0.4, 0.5) is 0 Å². The number of ether oxygens (including phenoxy) is 1. The Morgan fingerprint density at radius 3 is 2.88 bits per heavy atom. The van der Waals surface area contributed by atoms with Crippen LogP contribution >= 0.6 is 0 Å². The Labute approximate surface area is 100 Å². The first-order valence-electron chi connectivity index (χ1n) is 5.56. The Morgan fingerprint density at radius 1 is 1.47 bits per heavy atom. The van der Waals surface area contributed by atoms with Crippen LogP contribution in [0.1, 0.15) is 24.2 Å². The van der Waals surface area contributed by atoms with Gasteiger partial charge in [-0.1, -0.05) is 6.58 Å². The maximum absolute atomic E-state index is 11.6. The van der Waals surface area contributed by atoms with Crippen molar-refractivity contribution in [3.05, 3.63) is 42.6 Å². The van der Waals surface area contributed by atoms with Gasteiger partial charge in [-0.15, -0.1) is 0 Å². The molecular formula is C14H15NO2. The summed E-state index contributed by atoms with van der Waals surface area (Å²) in [6.07, 6.45) is 3.14. The van der Waals surface area contributed by atoms with Crippen LogP contribution in [0.3, 0.4) is 0 Å². The van der Waals surface area contributed by atoms with E-state index in [2.05, 4.69) is 11.6 Å². The van der Waals surface area contributed by atoms with E-state index in [4.69, 9.17) is 4.74 Å². The Bertz CT molecular complexity index is 567. The Kier molecular flexibility index (Phi) is 3.00. The second kappa shape index (κ2) is 4.45. The molecule has 1 N–H and O–H groups in total. The van der Waals surface area contributed by atoms with Crippen molar-refractivity contribution in [2.45, 2.75) is 20.0 Å². The third kappa shape index (κ3) is 2.23. The standard InChI is InChI=1S/C14H15NO2/c1-4-14(16)12-8-15-13-6-5-10(7-11(12)13)17-9(2)3/h4-9,15H,1H2,2-3H3. The summed E-state index contributed by atoms with van der Waals surface area (Å²) in [5.41, 5.74) is 1.55. The van der Waals surface area contributed by atoms with Gasteiger partial charge in [0.2, 0.25) is 0 Å². The minimum atomic E-state index is -0.0852. The van der Waals surface area contributed by atoms with E-state index in [0.29, 0.717) is 5.56 Å². The first kappa shape index (κ1) is 11.5. The van der Waals surface area contributed by atoms with E-state index in [1.54, 1.807) is 6.20 Å². The minimum Gasteiger partial charge on any atom is -0.491 e. The molecule has 0 spiro atoms. The second-order valence-electron chi connectivity index (χ2n) is 4.14. The molecule has 0 aliphatic rings. The number of aromatic amines is 1. The van der Waals surface area contributed by atoms with Gasteiger partial charge in [-0.3, -0.25) is 4.79 Å². The number of carbonyl (C=O) groups excluding carboxylic acids is 1. The molecule has 1 aromatic heterocycles. The van der Waals surface area contributed by atoms with E-state index in [9.17, 15) is 4.79 Å². The van der Waals surface area contributed by atoms with Gasteiger partial charge in [0.15, 0.2) is 5.78 Å². The lowest BCUT2D eigenvalue weighted by Gasteiger charge is -2.09. The number of nitrogens with one attached hydrogen (secondary N) is 1. The fourth-order valence-electron chi connectivity index (χ4n) is 1.76. The number of fused-ring (bicyclic) bond motifs is 1. The summed E-state index contributed by atoms with van der Waals surface area (Å²) in [5, 5.41) is 0.869. The third-order valence-electron chi connectivity index (χ3n) is 2.48. The maximum atomic E-state index is 11.6. The summed E-state index contributed by atoms with van der Waals surface area (Å²) < 4.78 is 5.61. The number of H-pyrrole nitrogens is 1. The number of aromatic nitrogens is 1. The lowest BCUT2D eigenvalue weighted by atomic mass is 10.1. The SMILES string of the molecule is C=CC(=O)c1c[nH]c2ccc(OC(C)C)cc12. The fourth-order valence-corrected chi connectivity index (χ4v) is 1.76. The molecule has 0 aliphatic heterocycles. The van der Waals surface area contributed by atoms with Crippen molar-refractivity contribution >= 4 is 16.7 Å². The van der Waals surface area contributed by atoms with Gasteiger partial charge in [0.05, 0.1) is 6.10 Å². The Morgan fingerprint density at radius 2 is 2.24 bits per heavy atom. The zero-order chi connectivity index (χ0) is 12.4. The van der Waals surface area contributed by atoms with Crippen LogP contribution in [0.5, 0.6) is 5.75 Å². The van der Waals surface area contributed by atoms with Gasteiger partial charge in [-0.2, -0.15) is 0 Å². The van der Waals surface area contributed by atoms with E-state index in [-0.39, 0.29) is 11.9 Å². The minimum absolute atomic E-state index is 0.0852. The fraction of sp³-hybridized carbons (Fsp3) is 0.214. The molecule has 2 aromatic rings. The summed E-state index contributed by atoms with van der Waals surface area (Å²) in [4.78, 5) is 14.7. The first-order valence-corrected chi connectivity index (χ1v) is 5.56. The van der Waals surface area contributed by atoms with Gasteiger partial charge in [-0.25, -0.2) is 0 Å². The highest BCUT2D eigenvalue weighted by atomic mass is 16.5. The van der Waals surface area contributed by atoms with Gasteiger partial charge >= 0.3 is 0 Å². The topological polar surface area (TPSA) is 42.1 Å². The smallest absolute Gasteiger partial charge is 0.187 e. The number of ketones is 1. The zero-order valence-corrected chi connectivity index (χ0v) is 9.99. The van der Waals surface area contributed by atoms with Crippen LogP contribution < -0.4 is 4.74 Å². The monoisotopic (exact) mass is 229 g/mol. The van der Waals surface area contributed by atoms with Crippen molar-refractivity contribution in [3.8, 4) is 5.75 Å². The predicted octanol–water partition coefficient (Wildman–Crippen LogP) is 3.32. The highest BCUT2D eigenvalue weighted by Gasteiger charge is 2.10. The van der Waals surface area contributed by atoms with Crippen LogP contribution in [0.25, 0.3) is 10.9 Å². The molecule has 0 saturated heterocycles. The molecule has 0 fully saturated rings. The molecule has 0 atom stereocenters. The molecule has 0 unspecified atom stereocenters. The van der Waals surface area contributed by atoms with Crippen molar-refractivity contribution in [1.29, 1.82) is 0 Å². The molecule has 88 valence electrons. The van der Waals surface area contributed by atoms with Crippen LogP contribution in [-0.2, 0) is 0 Å². The van der Waals surface area contributed by atoms with Crippen LogP contribution in [0.2, 0.25) is 0 Å². The summed E-state index contributed by atoms with van der Waals surface area (Å²) >= 11 is 0. The van der Waals surface area contributed by atoms with Crippen molar-refractivity contribution in [2.75, 3.05) is 0 Å². The summed E-state index contributed by atoms with van der Waals surface area (Å²) in [7, 11) is 0. The summed E-state index contributed by atoms with van der Waals surface area (Å²) in [6, 6.07) is 5.68. The molecule has 0 radical (unpaired) electrons. The van der Waals surface area contributed by atoms with Gasteiger partial charge in [0.1, 0.15) is 5.75 Å². The molecule has 2 rings (SSSR count). The van der Waals surface area contributed by atoms with Crippen LogP contribution in [0.15, 0.2) is 37.1 Å². The Balaban J connectivity index is 2.50. The molecule has 3 nitrogen and oxygen atoms in total. The Hall–Kier alpha value is -2.03. The average molecular weight is 229 g/mol. The predicted molar refractivity (Wildman–Crippen MR) is 68.6 cm³/mol. The first-order chi connectivity index (χ1) is 8.11. The van der Waals surface area contributed by atoms with E-state index in [0.717, 1.165) is 16.7 Å². The number of hydrogen-bond acceptors (Lipinski definition) is 2. The number of rotatable bonds is 4. The molecular weight excluding hydrogens is 214 g/mol. The largest absolute Gasteiger partial charge is 0.491 e. The summed E-state index contributed by atoms with van der Waals surface area (Å²) in [6.45, 7) is 7.44. The molecule has 0 aliphatic carbocycles. The highest BCUT2D eigenvalue weighted by Crippen LogP contribution is 2.24. The van der Waals surface area contributed by atoms with Gasteiger partial charge < -0.3 is 9.72 Å². The molecule has 0 saturated carbocycles. The molecule has 0 amide bonds. The number of hydrogen-bond donors (Lipinski definition) is 1. The number of benzene rings is 1. The van der Waals surface area contributed by atoms with Crippen LogP contribution in [0, 0.1) is 0 Å². The van der Waals surface area contributed by atoms with E-state index in [1.807, 2.05) is 32.0 Å². The maximum Gasteiger partial charge on any atom is 0.187 e. The van der Waals surface area contributed by atoms with Crippen molar-refractivity contribution in [2.24, 2.45) is 0 Å². The molecule has 1 heterocycles. The zero-order valence-electron chi connectivity index (χ0n) is 9.99. The lowest BCUT2D eigenvalue weighted by Crippen LogP contribution is -2.05. The van der Waals surface area contributed by atoms with E-state index in [1.165, 1.54) is 6.08 Å². The number of carbonyl (C=O) groups is 1. The van der Waals surface area contributed by atoms with Gasteiger partial charge in [0.25, 0.3) is 0 Å². The van der Waals surface area contributed by atoms with E-state index < -0.39 is 0 Å². The van der Waals surface area contributed by atoms with Crippen molar-refractivity contribution in [3.63, 3.8) is 0 Å². The lowest BCUT2D eigenvalue weighted by molar-refractivity contribution is 0.104. The molecule has 1 aromatic carbocycles. The quantitative estimate of drug-likeness (QED) is 0.645. The van der Waals surface area contributed by atoms with Gasteiger partial charge in [-0.05, 0) is 38.1 Å². The summed E-state index contributed by atoms with van der Waals surface area (Å²) in [5.74, 6) is 0.683. The number of allylic oxidation sites excluding steroid dienone is 1. The van der Waals surface area contributed by atoms with E-state index >= 15 is 0 Å². The van der Waals surface area contributed by atoms with Gasteiger partial charge in [0, 0.05) is 22.7 Å². The average Bonchev–Trinajstić information content (AvgIpc) is 2.70. The molecule has 17 heavy (non-hydrogen) atoms. The third-order valence-corrected chi connectivity index (χ3v) is 2.48.